The molecule has 0 fully saturated rings. The van der Waals surface area contributed by atoms with E-state index in [9.17, 15) is 9.18 Å². The molecule has 0 atom stereocenters. The smallest absolute Gasteiger partial charge is 0.257 e. The Morgan fingerprint density at radius 1 is 1.15 bits per heavy atom. The zero-order valence-electron chi connectivity index (χ0n) is 11.1. The predicted molar refractivity (Wildman–Crippen MR) is 80.1 cm³/mol. The lowest BCUT2D eigenvalue weighted by atomic mass is 10.1. The van der Waals surface area contributed by atoms with Crippen LogP contribution in [0.25, 0.3) is 0 Å². The van der Waals surface area contributed by atoms with Crippen molar-refractivity contribution < 1.29 is 9.18 Å². The van der Waals surface area contributed by atoms with Crippen LogP contribution in [0.5, 0.6) is 0 Å². The summed E-state index contributed by atoms with van der Waals surface area (Å²) in [7, 11) is 1.73. The third-order valence-electron chi connectivity index (χ3n) is 2.87. The van der Waals surface area contributed by atoms with Gasteiger partial charge in [-0.3, -0.25) is 4.79 Å². The van der Waals surface area contributed by atoms with Gasteiger partial charge in [0.1, 0.15) is 5.82 Å². The lowest BCUT2D eigenvalue weighted by molar-refractivity contribution is 0.102. The highest BCUT2D eigenvalue weighted by atomic mass is 35.5. The maximum Gasteiger partial charge on any atom is 0.257 e. The van der Waals surface area contributed by atoms with Gasteiger partial charge in [0.2, 0.25) is 0 Å². The molecule has 2 aromatic rings. The fraction of sp³-hybridized carbons (Fsp3) is 0.133. The zero-order valence-corrected chi connectivity index (χ0v) is 11.9. The summed E-state index contributed by atoms with van der Waals surface area (Å²) in [6, 6.07) is 9.39. The van der Waals surface area contributed by atoms with Gasteiger partial charge in [0.25, 0.3) is 5.91 Å². The van der Waals surface area contributed by atoms with Crippen molar-refractivity contribution >= 4 is 28.9 Å². The second-order valence-corrected chi connectivity index (χ2v) is 4.81. The first-order chi connectivity index (χ1) is 9.51. The molecule has 0 spiro atoms. The van der Waals surface area contributed by atoms with Crippen LogP contribution in [0.4, 0.5) is 15.8 Å². The Balaban J connectivity index is 2.30. The fourth-order valence-electron chi connectivity index (χ4n) is 1.85. The monoisotopic (exact) mass is 292 g/mol. The minimum absolute atomic E-state index is 0.0603. The molecule has 0 saturated carbocycles. The van der Waals surface area contributed by atoms with Crippen LogP contribution in [0.3, 0.4) is 0 Å². The SMILES string of the molecule is CNc1cc(C)ccc1C(=O)Nc1cc(Cl)ccc1F. The molecule has 104 valence electrons. The summed E-state index contributed by atoms with van der Waals surface area (Å²) in [5.74, 6) is -0.920. The summed E-state index contributed by atoms with van der Waals surface area (Å²) in [5.41, 5.74) is 2.22. The number of amides is 1. The Morgan fingerprint density at radius 2 is 1.90 bits per heavy atom. The first kappa shape index (κ1) is 14.3. The zero-order chi connectivity index (χ0) is 14.7. The van der Waals surface area contributed by atoms with Crippen LogP contribution in [0, 0.1) is 12.7 Å². The first-order valence-electron chi connectivity index (χ1n) is 6.06. The van der Waals surface area contributed by atoms with Crippen molar-refractivity contribution in [2.24, 2.45) is 0 Å². The highest BCUT2D eigenvalue weighted by Crippen LogP contribution is 2.22. The molecule has 0 aliphatic rings. The molecule has 2 N–H and O–H groups in total. The van der Waals surface area contributed by atoms with Crippen molar-refractivity contribution in [3.63, 3.8) is 0 Å². The molecule has 2 rings (SSSR count). The average molecular weight is 293 g/mol. The van der Waals surface area contributed by atoms with E-state index >= 15 is 0 Å². The van der Waals surface area contributed by atoms with E-state index in [0.29, 0.717) is 16.3 Å². The Hall–Kier alpha value is -2.07. The maximum absolute atomic E-state index is 13.6. The van der Waals surface area contributed by atoms with Gasteiger partial charge in [-0.2, -0.15) is 0 Å². The summed E-state index contributed by atoms with van der Waals surface area (Å²) >= 11 is 5.80. The molecule has 1 amide bonds. The number of anilines is 2. The van der Waals surface area contributed by atoms with Crippen molar-refractivity contribution in [1.82, 2.24) is 0 Å². The molecule has 20 heavy (non-hydrogen) atoms. The lowest BCUT2D eigenvalue weighted by Gasteiger charge is -2.11. The highest BCUT2D eigenvalue weighted by molar-refractivity contribution is 6.31. The van der Waals surface area contributed by atoms with Crippen LogP contribution in [-0.4, -0.2) is 13.0 Å². The number of rotatable bonds is 3. The summed E-state index contributed by atoms with van der Waals surface area (Å²) in [5, 5.41) is 5.83. The van der Waals surface area contributed by atoms with Gasteiger partial charge in [0.05, 0.1) is 11.3 Å². The van der Waals surface area contributed by atoms with Crippen LogP contribution in [0.1, 0.15) is 15.9 Å². The molecule has 0 aliphatic heterocycles. The number of hydrogen-bond donors (Lipinski definition) is 2. The number of carbonyl (C=O) groups is 1. The number of nitrogens with one attached hydrogen (secondary N) is 2. The van der Waals surface area contributed by atoms with Gasteiger partial charge in [-0.25, -0.2) is 4.39 Å². The van der Waals surface area contributed by atoms with Gasteiger partial charge >= 0.3 is 0 Å². The van der Waals surface area contributed by atoms with E-state index in [1.807, 2.05) is 19.1 Å². The summed E-state index contributed by atoms with van der Waals surface area (Å²) in [6.45, 7) is 1.93. The maximum atomic E-state index is 13.6. The number of carbonyl (C=O) groups excluding carboxylic acids is 1. The largest absolute Gasteiger partial charge is 0.387 e. The Labute approximate surface area is 121 Å². The molecular formula is C15H14ClFN2O. The molecule has 0 radical (unpaired) electrons. The second kappa shape index (κ2) is 5.92. The minimum Gasteiger partial charge on any atom is -0.387 e. The fourth-order valence-corrected chi connectivity index (χ4v) is 2.02. The van der Waals surface area contributed by atoms with Crippen molar-refractivity contribution in [1.29, 1.82) is 0 Å². The third-order valence-corrected chi connectivity index (χ3v) is 3.10. The lowest BCUT2D eigenvalue weighted by Crippen LogP contribution is -2.15. The van der Waals surface area contributed by atoms with Crippen LogP contribution in [0.2, 0.25) is 5.02 Å². The summed E-state index contributed by atoms with van der Waals surface area (Å²) < 4.78 is 13.6. The Morgan fingerprint density at radius 3 is 2.60 bits per heavy atom. The summed E-state index contributed by atoms with van der Waals surface area (Å²) in [4.78, 5) is 12.2. The van der Waals surface area contributed by atoms with Crippen LogP contribution < -0.4 is 10.6 Å². The number of halogens is 2. The number of hydrogen-bond acceptors (Lipinski definition) is 2. The average Bonchev–Trinajstić information content (AvgIpc) is 2.42. The number of aryl methyl sites for hydroxylation is 1. The van der Waals surface area contributed by atoms with Crippen LogP contribution >= 0.6 is 11.6 Å². The van der Waals surface area contributed by atoms with E-state index in [-0.39, 0.29) is 5.69 Å². The highest BCUT2D eigenvalue weighted by Gasteiger charge is 2.13. The van der Waals surface area contributed by atoms with Gasteiger partial charge in [-0.05, 0) is 42.8 Å². The molecular weight excluding hydrogens is 279 g/mol. The molecule has 2 aromatic carbocycles. The van der Waals surface area contributed by atoms with Gasteiger partial charge in [0.15, 0.2) is 0 Å². The molecule has 0 saturated heterocycles. The van der Waals surface area contributed by atoms with Crippen LogP contribution in [-0.2, 0) is 0 Å². The summed E-state index contributed by atoms with van der Waals surface area (Å²) in [6.07, 6.45) is 0. The van der Waals surface area contributed by atoms with E-state index in [2.05, 4.69) is 10.6 Å². The topological polar surface area (TPSA) is 41.1 Å². The molecule has 0 bridgehead atoms. The molecule has 5 heteroatoms. The van der Waals surface area contributed by atoms with Crippen molar-refractivity contribution in [3.8, 4) is 0 Å². The predicted octanol–water partition coefficient (Wildman–Crippen LogP) is 4.08. The normalized spacial score (nSPS) is 10.2. The second-order valence-electron chi connectivity index (χ2n) is 4.38. The quantitative estimate of drug-likeness (QED) is 0.895. The van der Waals surface area contributed by atoms with E-state index < -0.39 is 11.7 Å². The van der Waals surface area contributed by atoms with Crippen LogP contribution in [0.15, 0.2) is 36.4 Å². The van der Waals surface area contributed by atoms with Gasteiger partial charge < -0.3 is 10.6 Å². The number of benzene rings is 2. The van der Waals surface area contributed by atoms with Crippen molar-refractivity contribution in [3.05, 3.63) is 58.4 Å². The molecule has 0 aliphatic carbocycles. The molecule has 0 heterocycles. The first-order valence-corrected chi connectivity index (χ1v) is 6.44. The van der Waals surface area contributed by atoms with E-state index in [1.165, 1.54) is 18.2 Å². The van der Waals surface area contributed by atoms with Crippen molar-refractivity contribution in [2.75, 3.05) is 17.7 Å². The van der Waals surface area contributed by atoms with E-state index in [0.717, 1.165) is 5.56 Å². The Bertz CT molecular complexity index is 658. The molecule has 0 aromatic heterocycles. The standard InChI is InChI=1S/C15H14ClFN2O/c1-9-3-5-11(13(7-9)18-2)15(20)19-14-8-10(16)4-6-12(14)17/h3-8,18H,1-2H3,(H,19,20). The third kappa shape index (κ3) is 3.08. The van der Waals surface area contributed by atoms with Gasteiger partial charge in [-0.1, -0.05) is 17.7 Å². The van der Waals surface area contributed by atoms with Gasteiger partial charge in [-0.15, -0.1) is 0 Å². The van der Waals surface area contributed by atoms with Crippen molar-refractivity contribution in [2.45, 2.75) is 6.92 Å². The van der Waals surface area contributed by atoms with Gasteiger partial charge in [0, 0.05) is 17.8 Å². The van der Waals surface area contributed by atoms with E-state index in [1.54, 1.807) is 13.1 Å². The Kier molecular flexibility index (Phi) is 4.25. The van der Waals surface area contributed by atoms with E-state index in [4.69, 9.17) is 11.6 Å². The molecule has 3 nitrogen and oxygen atoms in total. The molecule has 0 unspecified atom stereocenters. The minimum atomic E-state index is -0.527.